The van der Waals surface area contributed by atoms with Gasteiger partial charge >= 0.3 is 0 Å². The molecule has 1 saturated heterocycles. The van der Waals surface area contributed by atoms with E-state index < -0.39 is 15.8 Å². The maximum absolute atomic E-state index is 13.4. The summed E-state index contributed by atoms with van der Waals surface area (Å²) in [6, 6.07) is 12.2. The molecule has 0 N–H and O–H groups in total. The summed E-state index contributed by atoms with van der Waals surface area (Å²) in [4.78, 5) is 4.42. The summed E-state index contributed by atoms with van der Waals surface area (Å²) in [5.41, 5.74) is 0.772. The molecule has 1 aliphatic heterocycles. The lowest BCUT2D eigenvalue weighted by Gasteiger charge is -2.29. The normalized spacial score (nSPS) is 16.4. The molecular formula is C19H17ClFN3O3S. The molecule has 2 aromatic carbocycles. The monoisotopic (exact) mass is 421 g/mol. The largest absolute Gasteiger partial charge is 0.334 e. The Hall–Kier alpha value is -2.29. The van der Waals surface area contributed by atoms with Gasteiger partial charge in [0.2, 0.25) is 10.0 Å². The highest BCUT2D eigenvalue weighted by molar-refractivity contribution is 7.89. The van der Waals surface area contributed by atoms with Crippen LogP contribution in [0, 0.1) is 5.82 Å². The summed E-state index contributed by atoms with van der Waals surface area (Å²) in [6.07, 6.45) is 1.13. The minimum Gasteiger partial charge on any atom is -0.334 e. The van der Waals surface area contributed by atoms with E-state index in [-0.39, 0.29) is 10.8 Å². The highest BCUT2D eigenvalue weighted by Gasteiger charge is 2.32. The molecule has 0 unspecified atom stereocenters. The minimum atomic E-state index is -3.72. The van der Waals surface area contributed by atoms with Crippen LogP contribution in [0.5, 0.6) is 0 Å². The molecule has 0 aliphatic carbocycles. The van der Waals surface area contributed by atoms with Crippen molar-refractivity contribution in [2.75, 3.05) is 13.1 Å². The number of nitrogens with zero attached hydrogens (tertiary/aromatic N) is 3. The van der Waals surface area contributed by atoms with Crippen LogP contribution >= 0.6 is 11.6 Å². The first-order valence-corrected chi connectivity index (χ1v) is 10.6. The zero-order chi connectivity index (χ0) is 19.7. The molecule has 0 atom stereocenters. The number of benzene rings is 2. The number of hydrogen-bond donors (Lipinski definition) is 0. The van der Waals surface area contributed by atoms with Crippen molar-refractivity contribution in [3.63, 3.8) is 0 Å². The zero-order valence-electron chi connectivity index (χ0n) is 14.8. The molecule has 0 radical (unpaired) electrons. The van der Waals surface area contributed by atoms with Gasteiger partial charge < -0.3 is 4.52 Å². The standard InChI is InChI=1S/C19H17ClFN3O3S/c20-15-6-4-14(5-7-15)19-22-18(23-27-19)13-8-10-24(11-9-13)28(25,26)17-3-1-2-16(21)12-17/h1-7,12-13H,8-11H2. The summed E-state index contributed by atoms with van der Waals surface area (Å²) in [5.74, 6) is 0.399. The smallest absolute Gasteiger partial charge is 0.257 e. The van der Waals surface area contributed by atoms with Crippen LogP contribution < -0.4 is 0 Å². The van der Waals surface area contributed by atoms with E-state index in [2.05, 4.69) is 10.1 Å². The minimum absolute atomic E-state index is 0.00348. The van der Waals surface area contributed by atoms with E-state index in [0.717, 1.165) is 11.6 Å². The summed E-state index contributed by atoms with van der Waals surface area (Å²) < 4.78 is 45.5. The molecule has 0 bridgehead atoms. The van der Waals surface area contributed by atoms with Crippen molar-refractivity contribution in [1.82, 2.24) is 14.4 Å². The zero-order valence-corrected chi connectivity index (χ0v) is 16.3. The Bertz CT molecular complexity index is 1080. The molecule has 9 heteroatoms. The lowest BCUT2D eigenvalue weighted by molar-refractivity contribution is 0.307. The summed E-state index contributed by atoms with van der Waals surface area (Å²) >= 11 is 5.89. The van der Waals surface area contributed by atoms with E-state index in [0.29, 0.717) is 42.7 Å². The number of hydrogen-bond acceptors (Lipinski definition) is 5. The molecule has 6 nitrogen and oxygen atoms in total. The second-order valence-corrected chi connectivity index (χ2v) is 8.97. The lowest BCUT2D eigenvalue weighted by atomic mass is 9.97. The van der Waals surface area contributed by atoms with Gasteiger partial charge in [0.25, 0.3) is 5.89 Å². The van der Waals surface area contributed by atoms with Crippen LogP contribution in [0.2, 0.25) is 5.02 Å². The molecule has 4 rings (SSSR count). The highest BCUT2D eigenvalue weighted by atomic mass is 35.5. The van der Waals surface area contributed by atoms with Gasteiger partial charge in [0.15, 0.2) is 5.82 Å². The van der Waals surface area contributed by atoms with Crippen molar-refractivity contribution in [2.24, 2.45) is 0 Å². The molecule has 1 aliphatic rings. The summed E-state index contributed by atoms with van der Waals surface area (Å²) in [5, 5.41) is 4.68. The predicted octanol–water partition coefficient (Wildman–Crippen LogP) is 4.10. The first-order valence-electron chi connectivity index (χ1n) is 8.79. The van der Waals surface area contributed by atoms with Gasteiger partial charge in [0.1, 0.15) is 5.82 Å². The van der Waals surface area contributed by atoms with Gasteiger partial charge in [-0.3, -0.25) is 0 Å². The van der Waals surface area contributed by atoms with E-state index in [1.807, 2.05) is 0 Å². The molecule has 3 aromatic rings. The van der Waals surface area contributed by atoms with Gasteiger partial charge in [0, 0.05) is 29.6 Å². The molecule has 146 valence electrons. The van der Waals surface area contributed by atoms with Crippen molar-refractivity contribution < 1.29 is 17.3 Å². The molecule has 1 aromatic heterocycles. The Morgan fingerprint density at radius 2 is 1.82 bits per heavy atom. The number of rotatable bonds is 4. The van der Waals surface area contributed by atoms with Crippen LogP contribution in [0.25, 0.3) is 11.5 Å². The fourth-order valence-electron chi connectivity index (χ4n) is 3.24. The van der Waals surface area contributed by atoms with Gasteiger partial charge in [-0.2, -0.15) is 9.29 Å². The molecule has 1 fully saturated rings. The third kappa shape index (κ3) is 3.80. The Morgan fingerprint density at radius 3 is 2.50 bits per heavy atom. The van der Waals surface area contributed by atoms with Gasteiger partial charge in [0.05, 0.1) is 4.90 Å². The summed E-state index contributed by atoms with van der Waals surface area (Å²) in [7, 11) is -3.72. The fraction of sp³-hybridized carbons (Fsp3) is 0.263. The Labute approximate surface area is 167 Å². The predicted molar refractivity (Wildman–Crippen MR) is 102 cm³/mol. The molecule has 0 spiro atoms. The second-order valence-electron chi connectivity index (χ2n) is 6.60. The molecular weight excluding hydrogens is 405 g/mol. The van der Waals surface area contributed by atoms with Gasteiger partial charge in [-0.15, -0.1) is 0 Å². The van der Waals surface area contributed by atoms with E-state index in [1.165, 1.54) is 22.5 Å². The molecule has 0 saturated carbocycles. The van der Waals surface area contributed by atoms with Crippen LogP contribution in [-0.4, -0.2) is 36.0 Å². The van der Waals surface area contributed by atoms with E-state index in [4.69, 9.17) is 16.1 Å². The van der Waals surface area contributed by atoms with E-state index >= 15 is 0 Å². The molecule has 0 amide bonds. The van der Waals surface area contributed by atoms with Gasteiger partial charge in [-0.25, -0.2) is 12.8 Å². The first kappa shape index (κ1) is 19.0. The van der Waals surface area contributed by atoms with Crippen LogP contribution in [0.3, 0.4) is 0 Å². The van der Waals surface area contributed by atoms with Crippen LogP contribution in [0.1, 0.15) is 24.6 Å². The Morgan fingerprint density at radius 1 is 1.11 bits per heavy atom. The summed E-state index contributed by atoms with van der Waals surface area (Å²) in [6.45, 7) is 0.628. The lowest BCUT2D eigenvalue weighted by Crippen LogP contribution is -2.38. The van der Waals surface area contributed by atoms with E-state index in [1.54, 1.807) is 24.3 Å². The van der Waals surface area contributed by atoms with E-state index in [9.17, 15) is 12.8 Å². The van der Waals surface area contributed by atoms with Gasteiger partial charge in [-0.1, -0.05) is 22.8 Å². The average Bonchev–Trinajstić information content (AvgIpc) is 3.19. The Balaban J connectivity index is 1.45. The number of aromatic nitrogens is 2. The molecule has 28 heavy (non-hydrogen) atoms. The van der Waals surface area contributed by atoms with Crippen molar-refractivity contribution >= 4 is 21.6 Å². The number of piperidine rings is 1. The average molecular weight is 422 g/mol. The van der Waals surface area contributed by atoms with Crippen LogP contribution in [0.4, 0.5) is 4.39 Å². The maximum atomic E-state index is 13.4. The fourth-order valence-corrected chi connectivity index (χ4v) is 4.87. The van der Waals surface area contributed by atoms with Crippen LogP contribution in [0.15, 0.2) is 57.9 Å². The first-order chi connectivity index (χ1) is 13.4. The van der Waals surface area contributed by atoms with Gasteiger partial charge in [-0.05, 0) is 55.3 Å². The second kappa shape index (κ2) is 7.62. The van der Waals surface area contributed by atoms with Crippen molar-refractivity contribution in [3.05, 3.63) is 65.2 Å². The topological polar surface area (TPSA) is 76.3 Å². The number of halogens is 2. The Kier molecular flexibility index (Phi) is 5.18. The SMILES string of the molecule is O=S(=O)(c1cccc(F)c1)N1CCC(c2noc(-c3ccc(Cl)cc3)n2)CC1. The maximum Gasteiger partial charge on any atom is 0.257 e. The highest BCUT2D eigenvalue weighted by Crippen LogP contribution is 2.31. The number of sulfonamides is 1. The van der Waals surface area contributed by atoms with Crippen LogP contribution in [-0.2, 0) is 10.0 Å². The molecule has 2 heterocycles. The van der Waals surface area contributed by atoms with Crippen molar-refractivity contribution in [1.29, 1.82) is 0 Å². The third-order valence-corrected chi connectivity index (χ3v) is 6.93. The quantitative estimate of drug-likeness (QED) is 0.634. The van der Waals surface area contributed by atoms with Crippen molar-refractivity contribution in [3.8, 4) is 11.5 Å². The third-order valence-electron chi connectivity index (χ3n) is 4.79. The van der Waals surface area contributed by atoms with Crippen molar-refractivity contribution in [2.45, 2.75) is 23.7 Å².